The summed E-state index contributed by atoms with van der Waals surface area (Å²) in [6.45, 7) is 1.59. The third kappa shape index (κ3) is 1.53. The van der Waals surface area contributed by atoms with Gasteiger partial charge in [0.15, 0.2) is 5.75 Å². The van der Waals surface area contributed by atoms with Gasteiger partial charge in [-0.15, -0.1) is 0 Å². The van der Waals surface area contributed by atoms with Crippen molar-refractivity contribution in [1.29, 1.82) is 0 Å². The van der Waals surface area contributed by atoms with Gasteiger partial charge in [-0.2, -0.15) is 0 Å². The zero-order valence-corrected chi connectivity index (χ0v) is 7.40. The van der Waals surface area contributed by atoms with Crippen molar-refractivity contribution in [3.8, 4) is 5.75 Å². The molecule has 70 valence electrons. The number of methoxy groups -OCH3 is 1. The van der Waals surface area contributed by atoms with E-state index in [1.165, 1.54) is 13.2 Å². The molecular weight excluding hydrogens is 172 g/mol. The Bertz CT molecular complexity index is 349. The van der Waals surface area contributed by atoms with Crippen molar-refractivity contribution in [3.05, 3.63) is 27.8 Å². The van der Waals surface area contributed by atoms with Crippen molar-refractivity contribution in [2.24, 2.45) is 0 Å². The molecule has 0 aromatic heterocycles. The van der Waals surface area contributed by atoms with Gasteiger partial charge >= 0.3 is 5.69 Å². The summed E-state index contributed by atoms with van der Waals surface area (Å²) in [6.07, 6.45) is 0. The number of benzene rings is 1. The quantitative estimate of drug-likeness (QED) is 0.427. The van der Waals surface area contributed by atoms with Gasteiger partial charge in [0.2, 0.25) is 0 Å². The zero-order valence-electron chi connectivity index (χ0n) is 7.40. The van der Waals surface area contributed by atoms with Gasteiger partial charge in [-0.3, -0.25) is 10.1 Å². The van der Waals surface area contributed by atoms with E-state index in [4.69, 9.17) is 10.5 Å². The number of ether oxygens (including phenoxy) is 1. The van der Waals surface area contributed by atoms with Crippen LogP contribution in [0.5, 0.6) is 5.75 Å². The van der Waals surface area contributed by atoms with Crippen LogP contribution in [0.3, 0.4) is 0 Å². The van der Waals surface area contributed by atoms with Gasteiger partial charge in [0.1, 0.15) is 0 Å². The second-order valence-electron chi connectivity index (χ2n) is 2.59. The molecule has 0 bridgehead atoms. The molecular formula is C8H10N2O3. The highest BCUT2D eigenvalue weighted by Crippen LogP contribution is 2.33. The maximum atomic E-state index is 10.6. The van der Waals surface area contributed by atoms with Crippen LogP contribution in [0, 0.1) is 17.0 Å². The van der Waals surface area contributed by atoms with Gasteiger partial charge in [-0.25, -0.2) is 0 Å². The third-order valence-corrected chi connectivity index (χ3v) is 1.84. The fourth-order valence-corrected chi connectivity index (χ4v) is 1.08. The van der Waals surface area contributed by atoms with E-state index in [1.807, 2.05) is 0 Å². The monoisotopic (exact) mass is 182 g/mol. The summed E-state index contributed by atoms with van der Waals surface area (Å²) in [5, 5.41) is 10.6. The molecule has 0 saturated heterocycles. The summed E-state index contributed by atoms with van der Waals surface area (Å²) in [6, 6.07) is 3.07. The van der Waals surface area contributed by atoms with Crippen LogP contribution in [0.2, 0.25) is 0 Å². The normalized spacial score (nSPS) is 9.69. The summed E-state index contributed by atoms with van der Waals surface area (Å²) >= 11 is 0. The van der Waals surface area contributed by atoms with Crippen molar-refractivity contribution in [1.82, 2.24) is 0 Å². The van der Waals surface area contributed by atoms with E-state index in [0.29, 0.717) is 11.3 Å². The predicted molar refractivity (Wildman–Crippen MR) is 48.8 cm³/mol. The molecule has 1 aromatic carbocycles. The molecule has 0 fully saturated rings. The Morgan fingerprint density at radius 1 is 1.54 bits per heavy atom. The van der Waals surface area contributed by atoms with E-state index in [9.17, 15) is 10.1 Å². The standard InChI is InChI=1S/C8H10N2O3/c1-5-6(9)3-4-7(13-2)8(5)10(11)12/h3-4H,9H2,1-2H3. The Balaban J connectivity index is 3.41. The number of nitrogens with zero attached hydrogens (tertiary/aromatic N) is 1. The molecule has 0 spiro atoms. The Morgan fingerprint density at radius 3 is 2.62 bits per heavy atom. The van der Waals surface area contributed by atoms with E-state index in [1.54, 1.807) is 13.0 Å². The van der Waals surface area contributed by atoms with E-state index < -0.39 is 4.92 Å². The van der Waals surface area contributed by atoms with Crippen LogP contribution < -0.4 is 10.5 Å². The molecule has 5 nitrogen and oxygen atoms in total. The molecule has 5 heteroatoms. The van der Waals surface area contributed by atoms with E-state index in [0.717, 1.165) is 0 Å². The topological polar surface area (TPSA) is 78.4 Å². The first-order valence-electron chi connectivity index (χ1n) is 3.65. The van der Waals surface area contributed by atoms with Crippen molar-refractivity contribution < 1.29 is 9.66 Å². The number of nitro groups is 1. The third-order valence-electron chi connectivity index (χ3n) is 1.84. The minimum absolute atomic E-state index is 0.0671. The van der Waals surface area contributed by atoms with Crippen molar-refractivity contribution in [3.63, 3.8) is 0 Å². The van der Waals surface area contributed by atoms with Gasteiger partial charge in [-0.1, -0.05) is 0 Å². The molecule has 0 aliphatic carbocycles. The number of anilines is 1. The Morgan fingerprint density at radius 2 is 2.15 bits per heavy atom. The van der Waals surface area contributed by atoms with E-state index >= 15 is 0 Å². The van der Waals surface area contributed by atoms with Gasteiger partial charge in [-0.05, 0) is 19.1 Å². The number of hydrogen-bond acceptors (Lipinski definition) is 4. The lowest BCUT2D eigenvalue weighted by Crippen LogP contribution is -1.99. The molecule has 2 N–H and O–H groups in total. The van der Waals surface area contributed by atoms with Crippen LogP contribution >= 0.6 is 0 Å². The highest BCUT2D eigenvalue weighted by molar-refractivity contribution is 5.63. The van der Waals surface area contributed by atoms with Crippen LogP contribution in [0.4, 0.5) is 11.4 Å². The first kappa shape index (κ1) is 9.31. The van der Waals surface area contributed by atoms with Crippen molar-refractivity contribution in [2.45, 2.75) is 6.92 Å². The summed E-state index contributed by atoms with van der Waals surface area (Å²) in [5.41, 5.74) is 6.29. The smallest absolute Gasteiger partial charge is 0.315 e. The average molecular weight is 182 g/mol. The number of nitro benzene ring substituents is 1. The molecule has 0 atom stereocenters. The molecule has 1 rings (SSSR count). The molecule has 0 unspecified atom stereocenters. The summed E-state index contributed by atoms with van der Waals surface area (Å²) < 4.78 is 4.85. The minimum atomic E-state index is -0.496. The summed E-state index contributed by atoms with van der Waals surface area (Å²) in [7, 11) is 1.39. The fourth-order valence-electron chi connectivity index (χ4n) is 1.08. The maximum absolute atomic E-state index is 10.6. The molecule has 0 amide bonds. The van der Waals surface area contributed by atoms with Crippen LogP contribution in [-0.2, 0) is 0 Å². The second-order valence-corrected chi connectivity index (χ2v) is 2.59. The summed E-state index contributed by atoms with van der Waals surface area (Å²) in [5.74, 6) is 0.233. The first-order chi connectivity index (χ1) is 6.07. The van der Waals surface area contributed by atoms with E-state index in [-0.39, 0.29) is 11.4 Å². The maximum Gasteiger partial charge on any atom is 0.315 e. The van der Waals surface area contributed by atoms with Gasteiger partial charge < -0.3 is 10.5 Å². The fraction of sp³-hybridized carbons (Fsp3) is 0.250. The largest absolute Gasteiger partial charge is 0.490 e. The second kappa shape index (κ2) is 3.30. The molecule has 13 heavy (non-hydrogen) atoms. The van der Waals surface area contributed by atoms with Crippen LogP contribution in [0.1, 0.15) is 5.56 Å². The average Bonchev–Trinajstić information content (AvgIpc) is 2.08. The number of nitrogen functional groups attached to an aromatic ring is 1. The lowest BCUT2D eigenvalue weighted by molar-refractivity contribution is -0.386. The van der Waals surface area contributed by atoms with Crippen LogP contribution in [0.15, 0.2) is 12.1 Å². The zero-order chi connectivity index (χ0) is 10.0. The van der Waals surface area contributed by atoms with Gasteiger partial charge in [0, 0.05) is 5.69 Å². The molecule has 1 aromatic rings. The number of hydrogen-bond donors (Lipinski definition) is 1. The highest BCUT2D eigenvalue weighted by Gasteiger charge is 2.19. The molecule has 0 aliphatic rings. The molecule has 0 aliphatic heterocycles. The molecule has 0 saturated carbocycles. The van der Waals surface area contributed by atoms with Crippen molar-refractivity contribution >= 4 is 11.4 Å². The van der Waals surface area contributed by atoms with E-state index in [2.05, 4.69) is 0 Å². The molecule has 0 heterocycles. The minimum Gasteiger partial charge on any atom is -0.490 e. The van der Waals surface area contributed by atoms with Gasteiger partial charge in [0.05, 0.1) is 17.6 Å². The van der Waals surface area contributed by atoms with Gasteiger partial charge in [0.25, 0.3) is 0 Å². The van der Waals surface area contributed by atoms with Crippen LogP contribution in [0.25, 0.3) is 0 Å². The summed E-state index contributed by atoms with van der Waals surface area (Å²) in [4.78, 5) is 10.1. The van der Waals surface area contributed by atoms with Crippen molar-refractivity contribution in [2.75, 3.05) is 12.8 Å². The lowest BCUT2D eigenvalue weighted by atomic mass is 10.1. The SMILES string of the molecule is COc1ccc(N)c(C)c1[N+](=O)[O-]. The Labute approximate surface area is 75.3 Å². The Kier molecular flexibility index (Phi) is 2.36. The Hall–Kier alpha value is -1.78. The predicted octanol–water partition coefficient (Wildman–Crippen LogP) is 1.49. The lowest BCUT2D eigenvalue weighted by Gasteiger charge is -2.05. The molecule has 0 radical (unpaired) electrons. The number of nitrogens with two attached hydrogens (primary N) is 1. The number of rotatable bonds is 2. The van der Waals surface area contributed by atoms with Crippen LogP contribution in [-0.4, -0.2) is 12.0 Å². The highest BCUT2D eigenvalue weighted by atomic mass is 16.6. The first-order valence-corrected chi connectivity index (χ1v) is 3.65.